The second kappa shape index (κ2) is 5.23. The minimum atomic E-state index is -0.725. The molecule has 0 aromatic heterocycles. The van der Waals surface area contributed by atoms with Gasteiger partial charge in [0.05, 0.1) is 24.5 Å². The van der Waals surface area contributed by atoms with Gasteiger partial charge in [-0.15, -0.1) is 0 Å². The Hall–Kier alpha value is -2.54. The Morgan fingerprint density at radius 1 is 1.31 bits per heavy atom. The summed E-state index contributed by atoms with van der Waals surface area (Å²) in [6.45, 7) is 4.40. The zero-order valence-corrected chi connectivity index (χ0v) is 14.6. The molecule has 7 heteroatoms. The molecule has 1 spiro atoms. The van der Waals surface area contributed by atoms with E-state index < -0.39 is 17.4 Å². The van der Waals surface area contributed by atoms with Gasteiger partial charge in [0.1, 0.15) is 5.60 Å². The average molecular weight is 356 g/mol. The number of carbonyl (C=O) groups excluding carboxylic acids is 2. The lowest BCUT2D eigenvalue weighted by Gasteiger charge is -2.24. The number of ether oxygens (including phenoxy) is 3. The van der Waals surface area contributed by atoms with Crippen LogP contribution in [0.15, 0.2) is 30.4 Å². The molecule has 26 heavy (non-hydrogen) atoms. The lowest BCUT2D eigenvalue weighted by molar-refractivity contribution is -0.132. The second-order valence-corrected chi connectivity index (χ2v) is 7.53. The third kappa shape index (κ3) is 2.03. The first kappa shape index (κ1) is 15.7. The van der Waals surface area contributed by atoms with E-state index in [-0.39, 0.29) is 30.8 Å². The molecule has 136 valence electrons. The number of carbonyl (C=O) groups is 2. The molecule has 2 saturated heterocycles. The van der Waals surface area contributed by atoms with Gasteiger partial charge in [-0.05, 0) is 26.0 Å². The summed E-state index contributed by atoms with van der Waals surface area (Å²) in [7, 11) is 0. The summed E-state index contributed by atoms with van der Waals surface area (Å²) < 4.78 is 16.9. The molecule has 2 amide bonds. The van der Waals surface area contributed by atoms with Crippen molar-refractivity contribution in [1.82, 2.24) is 5.32 Å². The van der Waals surface area contributed by atoms with E-state index in [4.69, 9.17) is 14.2 Å². The van der Waals surface area contributed by atoms with Crippen molar-refractivity contribution < 1.29 is 23.8 Å². The number of amides is 2. The number of nitrogens with one attached hydrogen (secondary N) is 1. The normalized spacial score (nSPS) is 33.3. The van der Waals surface area contributed by atoms with E-state index in [2.05, 4.69) is 5.32 Å². The van der Waals surface area contributed by atoms with Crippen LogP contribution in [0.1, 0.15) is 13.8 Å². The Balaban J connectivity index is 1.48. The molecule has 0 aliphatic carbocycles. The van der Waals surface area contributed by atoms with Gasteiger partial charge in [0, 0.05) is 17.8 Å². The van der Waals surface area contributed by atoms with Crippen molar-refractivity contribution in [3.05, 3.63) is 30.4 Å². The van der Waals surface area contributed by atoms with Crippen molar-refractivity contribution in [3.8, 4) is 11.5 Å². The Morgan fingerprint density at radius 3 is 2.92 bits per heavy atom. The Bertz CT molecular complexity index is 835. The minimum Gasteiger partial charge on any atom is -0.454 e. The molecular weight excluding hydrogens is 336 g/mol. The summed E-state index contributed by atoms with van der Waals surface area (Å²) >= 11 is 0. The van der Waals surface area contributed by atoms with Crippen molar-refractivity contribution in [2.75, 3.05) is 18.2 Å². The fourth-order valence-corrected chi connectivity index (χ4v) is 4.45. The van der Waals surface area contributed by atoms with Crippen LogP contribution >= 0.6 is 0 Å². The highest BCUT2D eigenvalue weighted by atomic mass is 16.7. The van der Waals surface area contributed by atoms with Crippen LogP contribution in [0.3, 0.4) is 0 Å². The molecule has 2 fully saturated rings. The lowest BCUT2D eigenvalue weighted by Crippen LogP contribution is -2.45. The van der Waals surface area contributed by atoms with Crippen molar-refractivity contribution in [1.29, 1.82) is 0 Å². The molecule has 4 atom stereocenters. The zero-order valence-electron chi connectivity index (χ0n) is 14.6. The van der Waals surface area contributed by atoms with E-state index in [0.717, 1.165) is 5.69 Å². The number of fused-ring (bicyclic) bond motifs is 2. The first-order valence-corrected chi connectivity index (χ1v) is 8.87. The first-order chi connectivity index (χ1) is 12.5. The van der Waals surface area contributed by atoms with Gasteiger partial charge in [0.15, 0.2) is 11.5 Å². The van der Waals surface area contributed by atoms with Gasteiger partial charge in [-0.25, -0.2) is 0 Å². The predicted octanol–water partition coefficient (Wildman–Crippen LogP) is 1.23. The number of hydrogen-bond acceptors (Lipinski definition) is 5. The molecule has 4 heterocycles. The number of benzene rings is 1. The highest BCUT2D eigenvalue weighted by molar-refractivity contribution is 6.03. The molecule has 2 bridgehead atoms. The summed E-state index contributed by atoms with van der Waals surface area (Å²) in [5.74, 6) is 0.0991. The first-order valence-electron chi connectivity index (χ1n) is 8.87. The topological polar surface area (TPSA) is 77.1 Å². The summed E-state index contributed by atoms with van der Waals surface area (Å²) in [6, 6.07) is 5.45. The fraction of sp³-hybridized carbons (Fsp3) is 0.474. The smallest absolute Gasteiger partial charge is 0.234 e. The van der Waals surface area contributed by atoms with Crippen molar-refractivity contribution in [2.24, 2.45) is 11.8 Å². The van der Waals surface area contributed by atoms with E-state index in [1.165, 1.54) is 0 Å². The van der Waals surface area contributed by atoms with Crippen LogP contribution in [0, 0.1) is 11.8 Å². The van der Waals surface area contributed by atoms with Crippen molar-refractivity contribution in [3.63, 3.8) is 0 Å². The van der Waals surface area contributed by atoms with Gasteiger partial charge < -0.3 is 24.4 Å². The van der Waals surface area contributed by atoms with Crippen LogP contribution in [-0.4, -0.2) is 42.9 Å². The highest BCUT2D eigenvalue weighted by Crippen LogP contribution is 2.53. The van der Waals surface area contributed by atoms with E-state index in [9.17, 15) is 9.59 Å². The van der Waals surface area contributed by atoms with E-state index in [0.29, 0.717) is 18.0 Å². The van der Waals surface area contributed by atoms with Gasteiger partial charge in [-0.2, -0.15) is 0 Å². The molecule has 5 rings (SSSR count). The molecule has 0 unspecified atom stereocenters. The maximum absolute atomic E-state index is 13.2. The summed E-state index contributed by atoms with van der Waals surface area (Å²) in [5.41, 5.74) is 0.00314. The number of rotatable bonds is 3. The van der Waals surface area contributed by atoms with Crippen LogP contribution in [0.2, 0.25) is 0 Å². The van der Waals surface area contributed by atoms with Crippen LogP contribution in [-0.2, 0) is 14.3 Å². The average Bonchev–Trinajstić information content (AvgIpc) is 3.33. The van der Waals surface area contributed by atoms with E-state index in [1.807, 2.05) is 32.1 Å². The molecule has 1 aromatic carbocycles. The maximum Gasteiger partial charge on any atom is 0.234 e. The van der Waals surface area contributed by atoms with Crippen LogP contribution < -0.4 is 19.7 Å². The van der Waals surface area contributed by atoms with Gasteiger partial charge >= 0.3 is 0 Å². The third-order valence-electron chi connectivity index (χ3n) is 5.50. The van der Waals surface area contributed by atoms with Crippen molar-refractivity contribution >= 4 is 17.5 Å². The number of anilines is 1. The number of nitrogens with zero attached hydrogens (tertiary/aromatic N) is 1. The molecule has 1 N–H and O–H groups in total. The monoisotopic (exact) mass is 356 g/mol. The van der Waals surface area contributed by atoms with Crippen LogP contribution in [0.4, 0.5) is 5.69 Å². The van der Waals surface area contributed by atoms with Gasteiger partial charge in [-0.3, -0.25) is 9.59 Å². The van der Waals surface area contributed by atoms with Gasteiger partial charge in [0.2, 0.25) is 18.6 Å². The quantitative estimate of drug-likeness (QED) is 0.825. The van der Waals surface area contributed by atoms with Crippen LogP contribution in [0.25, 0.3) is 0 Å². The Kier molecular flexibility index (Phi) is 3.16. The minimum absolute atomic E-state index is 0.0167. The largest absolute Gasteiger partial charge is 0.454 e. The summed E-state index contributed by atoms with van der Waals surface area (Å²) in [4.78, 5) is 27.6. The summed E-state index contributed by atoms with van der Waals surface area (Å²) in [6.07, 6.45) is 3.53. The standard InChI is InChI=1S/C19H20N2O5/c1-10(2)20-17(22)15-13-5-6-19(26-13)8-21(18(23)16(15)19)11-3-4-12-14(7-11)25-9-24-12/h3-7,10,13,15-16H,8-9H2,1-2H3,(H,20,22)/t13-,15-,16+,19-/m1/s1. The molecular formula is C19H20N2O5. The molecule has 4 aliphatic heterocycles. The number of hydrogen-bond donors (Lipinski definition) is 1. The summed E-state index contributed by atoms with van der Waals surface area (Å²) in [5, 5.41) is 2.93. The second-order valence-electron chi connectivity index (χ2n) is 7.53. The van der Waals surface area contributed by atoms with E-state index >= 15 is 0 Å². The zero-order chi connectivity index (χ0) is 18.1. The van der Waals surface area contributed by atoms with Gasteiger partial charge in [0.25, 0.3) is 0 Å². The lowest BCUT2D eigenvalue weighted by atomic mass is 9.76. The molecule has 0 radical (unpaired) electrons. The highest BCUT2D eigenvalue weighted by Gasteiger charge is 2.67. The maximum atomic E-state index is 13.2. The SMILES string of the molecule is CC(C)NC(=O)[C@H]1[C@H]2C(=O)N(c3ccc4c(c3)OCO4)C[C@]23C=C[C@H]1O3. The molecule has 7 nitrogen and oxygen atoms in total. The Morgan fingerprint density at radius 2 is 2.12 bits per heavy atom. The molecule has 0 saturated carbocycles. The van der Waals surface area contributed by atoms with Crippen LogP contribution in [0.5, 0.6) is 11.5 Å². The van der Waals surface area contributed by atoms with E-state index in [1.54, 1.807) is 17.0 Å². The Labute approximate surface area is 150 Å². The fourth-order valence-electron chi connectivity index (χ4n) is 4.45. The predicted molar refractivity (Wildman–Crippen MR) is 91.9 cm³/mol. The molecule has 4 aliphatic rings. The van der Waals surface area contributed by atoms with Gasteiger partial charge in [-0.1, -0.05) is 12.2 Å². The molecule has 1 aromatic rings. The van der Waals surface area contributed by atoms with Crippen molar-refractivity contribution in [2.45, 2.75) is 31.6 Å². The third-order valence-corrected chi connectivity index (χ3v) is 5.50.